The third-order valence-electron chi connectivity index (χ3n) is 4.47. The van der Waals surface area contributed by atoms with E-state index in [9.17, 15) is 9.59 Å². The van der Waals surface area contributed by atoms with Gasteiger partial charge in [0.05, 0.1) is 12.5 Å². The summed E-state index contributed by atoms with van der Waals surface area (Å²) in [6.07, 6.45) is 3.00. The normalized spacial score (nSPS) is 28.4. The highest BCUT2D eigenvalue weighted by molar-refractivity contribution is 5.83. The highest BCUT2D eigenvalue weighted by atomic mass is 16.7. The summed E-state index contributed by atoms with van der Waals surface area (Å²) >= 11 is 0. The van der Waals surface area contributed by atoms with Gasteiger partial charge in [0.15, 0.2) is 0 Å². The molecule has 1 aliphatic carbocycles. The van der Waals surface area contributed by atoms with E-state index >= 15 is 0 Å². The Labute approximate surface area is 126 Å². The van der Waals surface area contributed by atoms with Gasteiger partial charge in [-0.05, 0) is 46.5 Å². The second-order valence-corrected chi connectivity index (χ2v) is 7.10. The highest BCUT2D eigenvalue weighted by Crippen LogP contribution is 2.46. The summed E-state index contributed by atoms with van der Waals surface area (Å²) in [6.45, 7) is 5.99. The minimum atomic E-state index is -0.520. The van der Waals surface area contributed by atoms with Crippen molar-refractivity contribution in [3.63, 3.8) is 0 Å². The first kappa shape index (κ1) is 16.1. The summed E-state index contributed by atoms with van der Waals surface area (Å²) in [4.78, 5) is 31.7. The summed E-state index contributed by atoms with van der Waals surface area (Å²) in [5.41, 5.74) is -1.04. The fraction of sp³-hybridized carbons (Fsp3) is 0.867. The number of fused-ring (bicyclic) bond motifs is 3. The minimum absolute atomic E-state index is 0.0447. The first-order valence-electron chi connectivity index (χ1n) is 7.50. The maximum absolute atomic E-state index is 12.6. The molecule has 2 aliphatic heterocycles. The molecule has 0 aromatic rings. The molecule has 2 bridgehead atoms. The number of ether oxygens (including phenoxy) is 1. The predicted molar refractivity (Wildman–Crippen MR) is 77.4 cm³/mol. The van der Waals surface area contributed by atoms with Crippen molar-refractivity contribution in [1.29, 1.82) is 0 Å². The number of carbonyl (C=O) groups excluding carboxylic acids is 2. The molecule has 0 atom stereocenters. The Hall–Kier alpha value is -1.30. The van der Waals surface area contributed by atoms with E-state index in [1.807, 2.05) is 20.8 Å². The molecule has 3 aliphatic rings. The number of carbonyl (C=O) groups is 2. The van der Waals surface area contributed by atoms with Crippen molar-refractivity contribution in [2.45, 2.75) is 58.1 Å². The van der Waals surface area contributed by atoms with Crippen molar-refractivity contribution in [2.24, 2.45) is 5.41 Å². The molecule has 1 saturated carbocycles. The van der Waals surface area contributed by atoms with Crippen LogP contribution in [0.25, 0.3) is 0 Å². The fourth-order valence-electron chi connectivity index (χ4n) is 3.31. The van der Waals surface area contributed by atoms with E-state index in [2.05, 4.69) is 0 Å². The molecule has 120 valence electrons. The molecule has 0 aromatic carbocycles. The summed E-state index contributed by atoms with van der Waals surface area (Å²) in [5, 5.41) is 1.28. The lowest BCUT2D eigenvalue weighted by Gasteiger charge is -2.51. The van der Waals surface area contributed by atoms with Crippen molar-refractivity contribution >= 4 is 12.0 Å². The van der Waals surface area contributed by atoms with E-state index in [0.717, 1.165) is 25.7 Å². The molecule has 0 radical (unpaired) electrons. The molecule has 2 saturated heterocycles. The van der Waals surface area contributed by atoms with Gasteiger partial charge in [-0.1, -0.05) is 0 Å². The van der Waals surface area contributed by atoms with Crippen LogP contribution >= 0.6 is 0 Å². The Morgan fingerprint density at radius 2 is 1.81 bits per heavy atom. The molecule has 2 amide bonds. The predicted octanol–water partition coefficient (Wildman–Crippen LogP) is 2.19. The summed E-state index contributed by atoms with van der Waals surface area (Å²) in [6, 6.07) is 0.197. The Bertz CT molecular complexity index is 422. The van der Waals surface area contributed by atoms with Crippen molar-refractivity contribution in [1.82, 2.24) is 9.96 Å². The summed E-state index contributed by atoms with van der Waals surface area (Å²) < 4.78 is 5.47. The Morgan fingerprint density at radius 3 is 2.29 bits per heavy atom. The molecule has 2 heterocycles. The Morgan fingerprint density at radius 1 is 1.24 bits per heavy atom. The van der Waals surface area contributed by atoms with Crippen LogP contribution in [-0.2, 0) is 14.4 Å². The maximum Gasteiger partial charge on any atom is 0.410 e. The first-order chi connectivity index (χ1) is 9.68. The molecule has 6 heteroatoms. The van der Waals surface area contributed by atoms with Crippen molar-refractivity contribution in [3.05, 3.63) is 0 Å². The van der Waals surface area contributed by atoms with Gasteiger partial charge < -0.3 is 9.64 Å². The van der Waals surface area contributed by atoms with Crippen LogP contribution in [0, 0.1) is 5.41 Å². The zero-order valence-electron chi connectivity index (χ0n) is 13.6. The number of hydrogen-bond donors (Lipinski definition) is 0. The smallest absolute Gasteiger partial charge is 0.410 e. The van der Waals surface area contributed by atoms with Crippen molar-refractivity contribution in [2.75, 3.05) is 20.7 Å². The van der Waals surface area contributed by atoms with Gasteiger partial charge in [-0.3, -0.25) is 9.63 Å². The third-order valence-corrected chi connectivity index (χ3v) is 4.47. The molecule has 0 aromatic heterocycles. The molecule has 0 N–H and O–H groups in total. The van der Waals surface area contributed by atoms with Gasteiger partial charge in [-0.15, -0.1) is 0 Å². The van der Waals surface area contributed by atoms with Crippen LogP contribution < -0.4 is 0 Å². The molecular weight excluding hydrogens is 272 g/mol. The molecule has 3 fully saturated rings. The lowest BCUT2D eigenvalue weighted by Crippen LogP contribution is -2.61. The standard InChI is InChI=1S/C15H26N2O4/c1-14(2,3)21-13(19)17-10-15(12(18)16(4)20-5)8-6-11(17)7-9-15/h11H,6-10H2,1-5H3. The summed E-state index contributed by atoms with van der Waals surface area (Å²) in [7, 11) is 3.10. The van der Waals surface area contributed by atoms with Crippen molar-refractivity contribution in [3.8, 4) is 0 Å². The highest BCUT2D eigenvalue weighted by Gasteiger charge is 2.52. The number of nitrogens with zero attached hydrogens (tertiary/aromatic N) is 2. The van der Waals surface area contributed by atoms with Crippen LogP contribution in [0.15, 0.2) is 0 Å². The van der Waals surface area contributed by atoms with E-state index in [0.29, 0.717) is 6.54 Å². The first-order valence-corrected chi connectivity index (χ1v) is 7.50. The molecular formula is C15H26N2O4. The Balaban J connectivity index is 2.14. The molecule has 6 nitrogen and oxygen atoms in total. The zero-order valence-corrected chi connectivity index (χ0v) is 13.6. The average Bonchev–Trinajstić information content (AvgIpc) is 2.45. The fourth-order valence-corrected chi connectivity index (χ4v) is 3.31. The molecule has 0 unspecified atom stereocenters. The Kier molecular flexibility index (Phi) is 4.19. The third kappa shape index (κ3) is 3.15. The van der Waals surface area contributed by atoms with Gasteiger partial charge in [0.1, 0.15) is 5.60 Å². The van der Waals surface area contributed by atoms with Gasteiger partial charge in [-0.2, -0.15) is 0 Å². The van der Waals surface area contributed by atoms with Gasteiger partial charge >= 0.3 is 6.09 Å². The van der Waals surface area contributed by atoms with E-state index < -0.39 is 11.0 Å². The maximum atomic E-state index is 12.6. The second-order valence-electron chi connectivity index (χ2n) is 7.10. The SMILES string of the molecule is CON(C)C(=O)C12CCC(CC1)N(C(=O)OC(C)(C)C)C2. The van der Waals surface area contributed by atoms with E-state index in [1.54, 1.807) is 11.9 Å². The van der Waals surface area contributed by atoms with Crippen LogP contribution in [0.4, 0.5) is 4.79 Å². The monoisotopic (exact) mass is 298 g/mol. The quantitative estimate of drug-likeness (QED) is 0.733. The van der Waals surface area contributed by atoms with Crippen molar-refractivity contribution < 1.29 is 19.2 Å². The number of hydrogen-bond acceptors (Lipinski definition) is 4. The van der Waals surface area contributed by atoms with E-state index in [1.165, 1.54) is 12.2 Å². The van der Waals surface area contributed by atoms with Crippen LogP contribution in [0.5, 0.6) is 0 Å². The van der Waals surface area contributed by atoms with Crippen LogP contribution in [-0.4, -0.2) is 54.3 Å². The minimum Gasteiger partial charge on any atom is -0.444 e. The van der Waals surface area contributed by atoms with Gasteiger partial charge in [0, 0.05) is 19.6 Å². The van der Waals surface area contributed by atoms with E-state index in [4.69, 9.17) is 9.57 Å². The van der Waals surface area contributed by atoms with E-state index in [-0.39, 0.29) is 18.0 Å². The van der Waals surface area contributed by atoms with Gasteiger partial charge in [0.2, 0.25) is 0 Å². The number of amides is 2. The number of hydroxylamine groups is 2. The summed E-state index contributed by atoms with van der Waals surface area (Å²) in [5.74, 6) is -0.0447. The average molecular weight is 298 g/mol. The zero-order chi connectivity index (χ0) is 15.8. The van der Waals surface area contributed by atoms with Crippen LogP contribution in [0.2, 0.25) is 0 Å². The van der Waals surface area contributed by atoms with Crippen LogP contribution in [0.3, 0.4) is 0 Å². The lowest BCUT2D eigenvalue weighted by atomic mass is 9.67. The largest absolute Gasteiger partial charge is 0.444 e. The lowest BCUT2D eigenvalue weighted by molar-refractivity contribution is -0.188. The van der Waals surface area contributed by atoms with Gasteiger partial charge in [0.25, 0.3) is 5.91 Å². The number of piperidine rings is 2. The molecule has 3 rings (SSSR count). The second kappa shape index (κ2) is 5.48. The van der Waals surface area contributed by atoms with Gasteiger partial charge in [-0.25, -0.2) is 9.86 Å². The number of rotatable bonds is 2. The topological polar surface area (TPSA) is 59.1 Å². The molecule has 21 heavy (non-hydrogen) atoms. The molecule has 0 spiro atoms. The van der Waals surface area contributed by atoms with Crippen LogP contribution in [0.1, 0.15) is 46.5 Å².